The largest absolute Gasteiger partial charge is 0.497 e. The molecule has 1 fully saturated rings. The number of halogens is 1. The van der Waals surface area contributed by atoms with Crippen LogP contribution in [0.4, 0.5) is 4.39 Å². The highest BCUT2D eigenvalue weighted by Crippen LogP contribution is 2.21. The van der Waals surface area contributed by atoms with Crippen LogP contribution in [0.1, 0.15) is 24.0 Å². The fourth-order valence-corrected chi connectivity index (χ4v) is 3.99. The van der Waals surface area contributed by atoms with Gasteiger partial charge in [-0.1, -0.05) is 30.3 Å². The molecule has 0 N–H and O–H groups in total. The number of hydrogen-bond donors (Lipinski definition) is 0. The van der Waals surface area contributed by atoms with Crippen molar-refractivity contribution in [3.8, 4) is 5.75 Å². The Morgan fingerprint density at radius 3 is 2.74 bits per heavy atom. The van der Waals surface area contributed by atoms with Gasteiger partial charge in [-0.25, -0.2) is 4.39 Å². The molecule has 3 nitrogen and oxygen atoms in total. The predicted molar refractivity (Wildman–Crippen MR) is 109 cm³/mol. The summed E-state index contributed by atoms with van der Waals surface area (Å²) in [6.45, 7) is 4.87. The Labute approximate surface area is 162 Å². The summed E-state index contributed by atoms with van der Waals surface area (Å²) >= 11 is 0. The molecule has 3 rings (SSSR count). The summed E-state index contributed by atoms with van der Waals surface area (Å²) in [6.07, 6.45) is 3.49. The average molecular weight is 371 g/mol. The highest BCUT2D eigenvalue weighted by atomic mass is 19.1. The molecule has 1 aliphatic heterocycles. The highest BCUT2D eigenvalue weighted by molar-refractivity contribution is 5.29. The van der Waals surface area contributed by atoms with E-state index in [-0.39, 0.29) is 5.82 Å². The smallest absolute Gasteiger partial charge is 0.127 e. The third kappa shape index (κ3) is 6.05. The molecular formula is C23H31FN2O. The lowest BCUT2D eigenvalue weighted by Crippen LogP contribution is -2.39. The molecule has 0 bridgehead atoms. The third-order valence-corrected chi connectivity index (χ3v) is 5.44. The molecule has 0 aromatic heterocycles. The molecule has 2 aromatic rings. The maximum Gasteiger partial charge on any atom is 0.127 e. The van der Waals surface area contributed by atoms with Gasteiger partial charge < -0.3 is 9.64 Å². The normalized spacial score (nSPS) is 18.0. The summed E-state index contributed by atoms with van der Waals surface area (Å²) in [4.78, 5) is 4.82. The monoisotopic (exact) mass is 370 g/mol. The Bertz CT molecular complexity index is 707. The number of ether oxygens (including phenoxy) is 1. The Morgan fingerprint density at radius 1 is 1.19 bits per heavy atom. The second-order valence-electron chi connectivity index (χ2n) is 7.70. The Kier molecular flexibility index (Phi) is 7.25. The van der Waals surface area contributed by atoms with E-state index in [0.29, 0.717) is 23.8 Å². The van der Waals surface area contributed by atoms with Crippen LogP contribution in [-0.4, -0.2) is 50.1 Å². The first-order valence-electron chi connectivity index (χ1n) is 9.91. The molecule has 146 valence electrons. The molecule has 1 aliphatic rings. The molecule has 0 radical (unpaired) electrons. The van der Waals surface area contributed by atoms with E-state index in [2.05, 4.69) is 41.1 Å². The van der Waals surface area contributed by atoms with Gasteiger partial charge in [0.25, 0.3) is 0 Å². The predicted octanol–water partition coefficient (Wildman–Crippen LogP) is 4.22. The fourth-order valence-electron chi connectivity index (χ4n) is 3.99. The van der Waals surface area contributed by atoms with Gasteiger partial charge >= 0.3 is 0 Å². The maximum atomic E-state index is 14.4. The molecule has 4 heteroatoms. The van der Waals surface area contributed by atoms with Gasteiger partial charge in [-0.15, -0.1) is 0 Å². The first-order chi connectivity index (χ1) is 13.1. The lowest BCUT2D eigenvalue weighted by atomic mass is 9.97. The summed E-state index contributed by atoms with van der Waals surface area (Å²) in [7, 11) is 3.82. The van der Waals surface area contributed by atoms with Crippen LogP contribution < -0.4 is 4.74 Å². The zero-order valence-corrected chi connectivity index (χ0v) is 16.5. The number of likely N-dealkylation sites (tertiary alicyclic amines) is 1. The van der Waals surface area contributed by atoms with Crippen LogP contribution in [0.5, 0.6) is 5.75 Å². The van der Waals surface area contributed by atoms with Crippen molar-refractivity contribution in [3.63, 3.8) is 0 Å². The number of rotatable bonds is 8. The molecule has 1 atom stereocenters. The van der Waals surface area contributed by atoms with E-state index in [9.17, 15) is 4.39 Å². The molecule has 0 spiro atoms. The maximum absolute atomic E-state index is 14.4. The van der Waals surface area contributed by atoms with Gasteiger partial charge in [-0.05, 0) is 62.5 Å². The van der Waals surface area contributed by atoms with Crippen LogP contribution in [0.15, 0.2) is 48.5 Å². The average Bonchev–Trinajstić information content (AvgIpc) is 2.68. The molecule has 1 heterocycles. The van der Waals surface area contributed by atoms with Crippen molar-refractivity contribution in [2.75, 3.05) is 40.3 Å². The van der Waals surface area contributed by atoms with Crippen LogP contribution in [0.3, 0.4) is 0 Å². The summed E-state index contributed by atoms with van der Waals surface area (Å²) in [5.74, 6) is 1.21. The van der Waals surface area contributed by atoms with Crippen LogP contribution in [-0.2, 0) is 13.0 Å². The van der Waals surface area contributed by atoms with Crippen molar-refractivity contribution in [3.05, 3.63) is 65.5 Å². The molecule has 1 saturated heterocycles. The van der Waals surface area contributed by atoms with E-state index in [4.69, 9.17) is 4.74 Å². The van der Waals surface area contributed by atoms with Crippen LogP contribution >= 0.6 is 0 Å². The Morgan fingerprint density at radius 2 is 2.00 bits per heavy atom. The van der Waals surface area contributed by atoms with E-state index in [1.165, 1.54) is 31.0 Å². The second-order valence-corrected chi connectivity index (χ2v) is 7.70. The molecule has 2 aromatic carbocycles. The van der Waals surface area contributed by atoms with Crippen LogP contribution in [0.25, 0.3) is 0 Å². The van der Waals surface area contributed by atoms with Crippen molar-refractivity contribution in [2.45, 2.75) is 25.8 Å². The first kappa shape index (κ1) is 19.8. The number of piperidine rings is 1. The standard InChI is InChI=1S/C23H31FN2O/c1-25-13-6-9-20(16-25)17-26(14-12-19-7-4-3-5-8-19)18-21-15-22(27-2)10-11-23(21)24/h3-5,7-8,10-11,15,20H,6,9,12-14,16-18H2,1-2H3. The van der Waals surface area contributed by atoms with Gasteiger partial charge in [0.15, 0.2) is 0 Å². The number of benzene rings is 2. The number of nitrogens with zero attached hydrogens (tertiary/aromatic N) is 2. The summed E-state index contributed by atoms with van der Waals surface area (Å²) in [5, 5.41) is 0. The zero-order chi connectivity index (χ0) is 19.1. The van der Waals surface area contributed by atoms with E-state index in [1.54, 1.807) is 13.2 Å². The van der Waals surface area contributed by atoms with E-state index in [0.717, 1.165) is 26.1 Å². The Hall–Kier alpha value is -1.91. The van der Waals surface area contributed by atoms with Crippen molar-refractivity contribution < 1.29 is 9.13 Å². The summed E-state index contributed by atoms with van der Waals surface area (Å²) in [5.41, 5.74) is 2.04. The molecule has 0 saturated carbocycles. The van der Waals surface area contributed by atoms with E-state index >= 15 is 0 Å². The molecule has 0 amide bonds. The van der Waals surface area contributed by atoms with Crippen molar-refractivity contribution in [1.29, 1.82) is 0 Å². The quantitative estimate of drug-likeness (QED) is 0.692. The minimum Gasteiger partial charge on any atom is -0.497 e. The van der Waals surface area contributed by atoms with E-state index < -0.39 is 0 Å². The topological polar surface area (TPSA) is 15.7 Å². The summed E-state index contributed by atoms with van der Waals surface area (Å²) < 4.78 is 19.7. The lowest BCUT2D eigenvalue weighted by molar-refractivity contribution is 0.147. The van der Waals surface area contributed by atoms with Crippen LogP contribution in [0, 0.1) is 11.7 Å². The van der Waals surface area contributed by atoms with Crippen molar-refractivity contribution >= 4 is 0 Å². The van der Waals surface area contributed by atoms with Gasteiger partial charge in [0.1, 0.15) is 11.6 Å². The van der Waals surface area contributed by atoms with Gasteiger partial charge in [0, 0.05) is 31.7 Å². The van der Waals surface area contributed by atoms with Gasteiger partial charge in [-0.3, -0.25) is 4.90 Å². The van der Waals surface area contributed by atoms with E-state index in [1.807, 2.05) is 12.1 Å². The zero-order valence-electron chi connectivity index (χ0n) is 16.5. The second kappa shape index (κ2) is 9.86. The Balaban J connectivity index is 1.70. The first-order valence-corrected chi connectivity index (χ1v) is 9.91. The molecule has 1 unspecified atom stereocenters. The summed E-state index contributed by atoms with van der Waals surface area (Å²) in [6, 6.07) is 15.6. The third-order valence-electron chi connectivity index (χ3n) is 5.44. The molecule has 0 aliphatic carbocycles. The highest BCUT2D eigenvalue weighted by Gasteiger charge is 2.21. The van der Waals surface area contributed by atoms with Gasteiger partial charge in [0.2, 0.25) is 0 Å². The fraction of sp³-hybridized carbons (Fsp3) is 0.478. The minimum absolute atomic E-state index is 0.152. The number of hydrogen-bond acceptors (Lipinski definition) is 3. The lowest BCUT2D eigenvalue weighted by Gasteiger charge is -2.34. The molecular weight excluding hydrogens is 339 g/mol. The molecule has 27 heavy (non-hydrogen) atoms. The van der Waals surface area contributed by atoms with Crippen molar-refractivity contribution in [1.82, 2.24) is 9.80 Å². The number of methoxy groups -OCH3 is 1. The van der Waals surface area contributed by atoms with Crippen LogP contribution in [0.2, 0.25) is 0 Å². The van der Waals surface area contributed by atoms with Gasteiger partial charge in [-0.2, -0.15) is 0 Å². The van der Waals surface area contributed by atoms with Crippen molar-refractivity contribution in [2.24, 2.45) is 5.92 Å². The minimum atomic E-state index is -0.152. The van der Waals surface area contributed by atoms with Gasteiger partial charge in [0.05, 0.1) is 7.11 Å². The SMILES string of the molecule is COc1ccc(F)c(CN(CCc2ccccc2)CC2CCCN(C)C2)c1.